The molecule has 1 rings (SSSR count). The molecule has 0 aliphatic heterocycles. The molecule has 1 aromatic heterocycles. The molecule has 16 heavy (non-hydrogen) atoms. The second kappa shape index (κ2) is 4.96. The number of H-pyrrole nitrogens is 1. The van der Waals surface area contributed by atoms with Crippen LogP contribution in [0.2, 0.25) is 0 Å². The number of aliphatic carboxylic acids is 1. The second-order valence-electron chi connectivity index (χ2n) is 3.11. The predicted molar refractivity (Wildman–Crippen MR) is 53.5 cm³/mol. The summed E-state index contributed by atoms with van der Waals surface area (Å²) in [7, 11) is 0. The Kier molecular flexibility index (Phi) is 3.65. The van der Waals surface area contributed by atoms with Crippen molar-refractivity contribution in [3.05, 3.63) is 24.0 Å². The van der Waals surface area contributed by atoms with Gasteiger partial charge in [-0.2, -0.15) is 0 Å². The second-order valence-corrected chi connectivity index (χ2v) is 3.11. The van der Waals surface area contributed by atoms with E-state index < -0.39 is 30.9 Å². The quantitative estimate of drug-likeness (QED) is 0.597. The van der Waals surface area contributed by atoms with Crippen LogP contribution in [0.15, 0.2) is 18.3 Å². The summed E-state index contributed by atoms with van der Waals surface area (Å²) in [6, 6.07) is 3.08. The fourth-order valence-electron chi connectivity index (χ4n) is 1.18. The van der Waals surface area contributed by atoms with Crippen molar-refractivity contribution in [1.29, 1.82) is 0 Å². The maximum atomic E-state index is 11.7. The number of nitrogens with zero attached hydrogens (tertiary/aromatic N) is 1. The van der Waals surface area contributed by atoms with Crippen molar-refractivity contribution in [2.75, 3.05) is 13.1 Å². The van der Waals surface area contributed by atoms with E-state index in [0.29, 0.717) is 0 Å². The van der Waals surface area contributed by atoms with E-state index in [1.54, 1.807) is 6.07 Å². The molecular weight excluding hydrogens is 214 g/mol. The van der Waals surface area contributed by atoms with E-state index in [-0.39, 0.29) is 5.69 Å². The number of aromatic amines is 1. The number of rotatable bonds is 5. The summed E-state index contributed by atoms with van der Waals surface area (Å²) in [5, 5.41) is 8.59. The Hall–Kier alpha value is -2.31. The number of primary amides is 1. The summed E-state index contributed by atoms with van der Waals surface area (Å²) in [5.74, 6) is -2.55. The van der Waals surface area contributed by atoms with Crippen LogP contribution in [0.4, 0.5) is 0 Å². The summed E-state index contributed by atoms with van der Waals surface area (Å²) in [5.41, 5.74) is 5.13. The Morgan fingerprint density at radius 3 is 2.50 bits per heavy atom. The predicted octanol–water partition coefficient (Wildman–Crippen LogP) is -0.973. The molecule has 2 amide bonds. The number of hydrogen-bond donors (Lipinski definition) is 3. The van der Waals surface area contributed by atoms with Crippen LogP contribution in [0, 0.1) is 0 Å². The summed E-state index contributed by atoms with van der Waals surface area (Å²) in [6.07, 6.45) is 1.52. The zero-order chi connectivity index (χ0) is 12.1. The van der Waals surface area contributed by atoms with Crippen LogP contribution in [-0.2, 0) is 9.59 Å². The maximum absolute atomic E-state index is 11.7. The van der Waals surface area contributed by atoms with Crippen LogP contribution in [0.3, 0.4) is 0 Å². The minimum absolute atomic E-state index is 0.211. The minimum atomic E-state index is -1.21. The van der Waals surface area contributed by atoms with Gasteiger partial charge in [-0.25, -0.2) is 0 Å². The molecule has 0 unspecified atom stereocenters. The van der Waals surface area contributed by atoms with Crippen LogP contribution in [-0.4, -0.2) is 45.9 Å². The first-order chi connectivity index (χ1) is 7.50. The van der Waals surface area contributed by atoms with Gasteiger partial charge in [0.05, 0.1) is 0 Å². The number of nitrogens with one attached hydrogen (secondary N) is 1. The molecule has 0 saturated carbocycles. The zero-order valence-corrected chi connectivity index (χ0v) is 8.34. The average molecular weight is 225 g/mol. The van der Waals surface area contributed by atoms with E-state index in [0.717, 1.165) is 4.90 Å². The molecule has 7 heteroatoms. The fourth-order valence-corrected chi connectivity index (χ4v) is 1.18. The molecule has 1 heterocycles. The Morgan fingerprint density at radius 1 is 1.38 bits per heavy atom. The fraction of sp³-hybridized carbons (Fsp3) is 0.222. The third-order valence-electron chi connectivity index (χ3n) is 1.79. The molecule has 4 N–H and O–H groups in total. The van der Waals surface area contributed by atoms with Crippen molar-refractivity contribution in [1.82, 2.24) is 9.88 Å². The Labute approximate surface area is 90.8 Å². The number of carboxylic acids is 1. The molecule has 0 saturated heterocycles. The van der Waals surface area contributed by atoms with Crippen molar-refractivity contribution in [2.45, 2.75) is 0 Å². The van der Waals surface area contributed by atoms with E-state index in [4.69, 9.17) is 10.8 Å². The highest BCUT2D eigenvalue weighted by molar-refractivity contribution is 5.96. The van der Waals surface area contributed by atoms with Crippen LogP contribution < -0.4 is 5.73 Å². The van der Waals surface area contributed by atoms with E-state index in [1.165, 1.54) is 12.3 Å². The molecule has 0 aromatic carbocycles. The van der Waals surface area contributed by atoms with Crippen LogP contribution >= 0.6 is 0 Å². The van der Waals surface area contributed by atoms with Gasteiger partial charge in [-0.15, -0.1) is 0 Å². The number of aromatic nitrogens is 1. The summed E-state index contributed by atoms with van der Waals surface area (Å²) in [6.45, 7) is -0.995. The lowest BCUT2D eigenvalue weighted by molar-refractivity contribution is -0.138. The first-order valence-corrected chi connectivity index (χ1v) is 4.43. The molecule has 0 bridgehead atoms. The number of carboxylic acid groups (broad SMARTS) is 1. The largest absolute Gasteiger partial charge is 0.480 e. The van der Waals surface area contributed by atoms with Gasteiger partial charge in [-0.05, 0) is 12.1 Å². The smallest absolute Gasteiger partial charge is 0.323 e. The highest BCUT2D eigenvalue weighted by atomic mass is 16.4. The molecule has 7 nitrogen and oxygen atoms in total. The molecule has 0 atom stereocenters. The van der Waals surface area contributed by atoms with Crippen LogP contribution in [0.5, 0.6) is 0 Å². The Morgan fingerprint density at radius 2 is 2.06 bits per heavy atom. The summed E-state index contributed by atoms with van der Waals surface area (Å²) < 4.78 is 0. The van der Waals surface area contributed by atoms with Crippen LogP contribution in [0.25, 0.3) is 0 Å². The van der Waals surface area contributed by atoms with Gasteiger partial charge < -0.3 is 20.7 Å². The lowest BCUT2D eigenvalue weighted by atomic mass is 10.3. The van der Waals surface area contributed by atoms with Crippen LogP contribution in [0.1, 0.15) is 10.5 Å². The number of nitrogens with two attached hydrogens (primary N) is 1. The summed E-state index contributed by atoms with van der Waals surface area (Å²) in [4.78, 5) is 36.4. The maximum Gasteiger partial charge on any atom is 0.323 e. The number of hydrogen-bond acceptors (Lipinski definition) is 3. The van der Waals surface area contributed by atoms with E-state index in [9.17, 15) is 14.4 Å². The van der Waals surface area contributed by atoms with Crippen molar-refractivity contribution in [3.8, 4) is 0 Å². The molecule has 0 spiro atoms. The normalized spacial score (nSPS) is 9.75. The topological polar surface area (TPSA) is 116 Å². The highest BCUT2D eigenvalue weighted by Crippen LogP contribution is 2.01. The standard InChI is InChI=1S/C9H11N3O4/c10-7(13)4-12(5-8(14)15)9(16)6-2-1-3-11-6/h1-3,11H,4-5H2,(H2,10,13)(H,14,15). The molecule has 0 aliphatic rings. The molecule has 86 valence electrons. The van der Waals surface area contributed by atoms with Crippen molar-refractivity contribution in [2.24, 2.45) is 5.73 Å². The van der Waals surface area contributed by atoms with E-state index >= 15 is 0 Å². The highest BCUT2D eigenvalue weighted by Gasteiger charge is 2.20. The van der Waals surface area contributed by atoms with Gasteiger partial charge in [0.2, 0.25) is 5.91 Å². The van der Waals surface area contributed by atoms with Gasteiger partial charge in [-0.1, -0.05) is 0 Å². The van der Waals surface area contributed by atoms with Gasteiger partial charge in [0.1, 0.15) is 18.8 Å². The number of carbonyl (C=O) groups is 3. The Bertz CT molecular complexity index is 383. The third kappa shape index (κ3) is 3.12. The first kappa shape index (κ1) is 11.8. The monoisotopic (exact) mass is 225 g/mol. The van der Waals surface area contributed by atoms with Crippen molar-refractivity contribution in [3.63, 3.8) is 0 Å². The van der Waals surface area contributed by atoms with E-state index in [2.05, 4.69) is 4.98 Å². The lowest BCUT2D eigenvalue weighted by Gasteiger charge is -2.17. The average Bonchev–Trinajstić information content (AvgIpc) is 2.66. The van der Waals surface area contributed by atoms with Crippen molar-refractivity contribution >= 4 is 17.8 Å². The lowest BCUT2D eigenvalue weighted by Crippen LogP contribution is -2.41. The minimum Gasteiger partial charge on any atom is -0.480 e. The van der Waals surface area contributed by atoms with Gasteiger partial charge in [0, 0.05) is 6.20 Å². The third-order valence-corrected chi connectivity index (χ3v) is 1.79. The van der Waals surface area contributed by atoms with Gasteiger partial charge in [0.15, 0.2) is 0 Å². The van der Waals surface area contributed by atoms with Gasteiger partial charge >= 0.3 is 5.97 Å². The number of amides is 2. The first-order valence-electron chi connectivity index (χ1n) is 4.43. The molecule has 1 aromatic rings. The van der Waals surface area contributed by atoms with Gasteiger partial charge in [-0.3, -0.25) is 14.4 Å². The molecular formula is C9H11N3O4. The van der Waals surface area contributed by atoms with Gasteiger partial charge in [0.25, 0.3) is 5.91 Å². The number of carbonyl (C=O) groups excluding carboxylic acids is 2. The summed E-state index contributed by atoms with van der Waals surface area (Å²) >= 11 is 0. The SMILES string of the molecule is NC(=O)CN(CC(=O)O)C(=O)c1ccc[nH]1. The molecule has 0 fully saturated rings. The zero-order valence-electron chi connectivity index (χ0n) is 8.34. The Balaban J connectivity index is 2.79. The van der Waals surface area contributed by atoms with E-state index in [1.807, 2.05) is 0 Å². The molecule has 0 aliphatic carbocycles. The molecule has 0 radical (unpaired) electrons. The van der Waals surface area contributed by atoms with Crippen molar-refractivity contribution < 1.29 is 19.5 Å².